The highest BCUT2D eigenvalue weighted by molar-refractivity contribution is 5.83. The van der Waals surface area contributed by atoms with Gasteiger partial charge in [0, 0.05) is 29.5 Å². The number of fused-ring (bicyclic) bond motifs is 1. The van der Waals surface area contributed by atoms with Crippen LogP contribution in [-0.2, 0) is 11.3 Å². The van der Waals surface area contributed by atoms with E-state index in [-0.39, 0.29) is 11.9 Å². The standard InChI is InChI=1S/C25H23N5O3/c1-16(31)10-11-30-22-8-6-17(12-20(22)15-27-30)24-28-25(33-29-24)18-7-9-23(19(13-18)14-26)32-21-4-2-3-5-21/h6-9,12-13,15,21H,2-5,10-11H2,1H3. The third kappa shape index (κ3) is 4.35. The summed E-state index contributed by atoms with van der Waals surface area (Å²) in [5.74, 6) is 1.52. The number of nitrogens with zero attached hydrogens (tertiary/aromatic N) is 5. The molecule has 1 aliphatic carbocycles. The lowest BCUT2D eigenvalue weighted by molar-refractivity contribution is -0.117. The van der Waals surface area contributed by atoms with Crippen LogP contribution in [0.25, 0.3) is 33.7 Å². The Hall–Kier alpha value is -3.99. The van der Waals surface area contributed by atoms with Gasteiger partial charge in [-0.05, 0) is 69.0 Å². The number of nitriles is 1. The molecule has 33 heavy (non-hydrogen) atoms. The topological polar surface area (TPSA) is 107 Å². The lowest BCUT2D eigenvalue weighted by Gasteiger charge is -2.14. The minimum Gasteiger partial charge on any atom is -0.489 e. The van der Waals surface area contributed by atoms with Gasteiger partial charge in [-0.25, -0.2) is 0 Å². The predicted octanol–water partition coefficient (Wildman–Crippen LogP) is 4.93. The van der Waals surface area contributed by atoms with Crippen molar-refractivity contribution in [2.24, 2.45) is 0 Å². The lowest BCUT2D eigenvalue weighted by atomic mass is 10.1. The number of hydrogen-bond donors (Lipinski definition) is 0. The van der Waals surface area contributed by atoms with Crippen LogP contribution >= 0.6 is 0 Å². The number of carbonyl (C=O) groups is 1. The minimum atomic E-state index is 0.132. The number of aromatic nitrogens is 4. The Morgan fingerprint density at radius 1 is 1.21 bits per heavy atom. The fourth-order valence-corrected chi connectivity index (χ4v) is 4.16. The molecule has 8 nitrogen and oxygen atoms in total. The number of Topliss-reactive ketones (excluding diaryl/α,β-unsaturated/α-hetero) is 1. The van der Waals surface area contributed by atoms with Crippen molar-refractivity contribution < 1.29 is 14.1 Å². The maximum Gasteiger partial charge on any atom is 0.258 e. The van der Waals surface area contributed by atoms with E-state index in [1.54, 1.807) is 25.3 Å². The van der Waals surface area contributed by atoms with Crippen LogP contribution in [0.15, 0.2) is 47.1 Å². The molecule has 0 bridgehead atoms. The first-order valence-corrected chi connectivity index (χ1v) is 11.1. The molecule has 0 N–H and O–H groups in total. The van der Waals surface area contributed by atoms with Gasteiger partial charge in [0.2, 0.25) is 5.82 Å². The van der Waals surface area contributed by atoms with Crippen LogP contribution in [-0.4, -0.2) is 31.8 Å². The number of ketones is 1. The molecule has 0 aliphatic heterocycles. The summed E-state index contributed by atoms with van der Waals surface area (Å²) in [7, 11) is 0. The van der Waals surface area contributed by atoms with Gasteiger partial charge in [0.1, 0.15) is 17.6 Å². The number of ether oxygens (including phenoxy) is 1. The summed E-state index contributed by atoms with van der Waals surface area (Å²) in [5, 5.41) is 19.0. The average molecular weight is 441 g/mol. The summed E-state index contributed by atoms with van der Waals surface area (Å²) < 4.78 is 13.3. The maximum atomic E-state index is 11.3. The van der Waals surface area contributed by atoms with E-state index in [1.807, 2.05) is 28.9 Å². The molecule has 2 aromatic heterocycles. The van der Waals surface area contributed by atoms with E-state index in [9.17, 15) is 10.1 Å². The van der Waals surface area contributed by atoms with Gasteiger partial charge in [-0.3, -0.25) is 9.48 Å². The Kier molecular flexibility index (Phi) is 5.61. The van der Waals surface area contributed by atoms with Crippen molar-refractivity contribution in [1.82, 2.24) is 19.9 Å². The van der Waals surface area contributed by atoms with Crippen molar-refractivity contribution in [1.29, 1.82) is 5.26 Å². The van der Waals surface area contributed by atoms with E-state index >= 15 is 0 Å². The lowest BCUT2D eigenvalue weighted by Crippen LogP contribution is -2.11. The summed E-state index contributed by atoms with van der Waals surface area (Å²) in [5.41, 5.74) is 2.87. The van der Waals surface area contributed by atoms with Crippen molar-refractivity contribution in [2.75, 3.05) is 0 Å². The van der Waals surface area contributed by atoms with Crippen LogP contribution in [0.5, 0.6) is 5.75 Å². The van der Waals surface area contributed by atoms with Gasteiger partial charge in [0.25, 0.3) is 5.89 Å². The minimum absolute atomic E-state index is 0.132. The van der Waals surface area contributed by atoms with Gasteiger partial charge >= 0.3 is 0 Å². The zero-order valence-corrected chi connectivity index (χ0v) is 18.3. The Bertz CT molecular complexity index is 1360. The SMILES string of the molecule is CC(=O)CCn1ncc2cc(-c3noc(-c4ccc(OC5CCCC5)c(C#N)c4)n3)ccc21. The molecule has 2 aromatic carbocycles. The third-order valence-electron chi connectivity index (χ3n) is 5.94. The van der Waals surface area contributed by atoms with Crippen molar-refractivity contribution in [3.63, 3.8) is 0 Å². The summed E-state index contributed by atoms with van der Waals surface area (Å²) in [6.45, 7) is 2.12. The van der Waals surface area contributed by atoms with Crippen molar-refractivity contribution in [2.45, 2.75) is 51.7 Å². The van der Waals surface area contributed by atoms with Crippen LogP contribution < -0.4 is 4.74 Å². The number of hydrogen-bond acceptors (Lipinski definition) is 7. The summed E-state index contributed by atoms with van der Waals surface area (Å²) in [4.78, 5) is 15.8. The molecule has 0 spiro atoms. The average Bonchev–Trinajstić information content (AvgIpc) is 3.58. The molecule has 4 aromatic rings. The molecule has 0 radical (unpaired) electrons. The largest absolute Gasteiger partial charge is 0.489 e. The molecule has 166 valence electrons. The normalized spacial score (nSPS) is 13.9. The van der Waals surface area contributed by atoms with Crippen LogP contribution in [0.4, 0.5) is 0 Å². The van der Waals surface area contributed by atoms with E-state index in [2.05, 4.69) is 21.3 Å². The second-order valence-electron chi connectivity index (χ2n) is 8.36. The fraction of sp³-hybridized carbons (Fsp3) is 0.320. The van der Waals surface area contributed by atoms with Crippen LogP contribution in [0.2, 0.25) is 0 Å². The number of benzene rings is 2. The highest BCUT2D eigenvalue weighted by Gasteiger charge is 2.19. The number of rotatable bonds is 7. The van der Waals surface area contributed by atoms with Crippen LogP contribution in [0.1, 0.15) is 44.6 Å². The fourth-order valence-electron chi connectivity index (χ4n) is 4.16. The number of aryl methyl sites for hydroxylation is 1. The molecular weight excluding hydrogens is 418 g/mol. The molecule has 0 atom stereocenters. The molecule has 0 saturated heterocycles. The zero-order chi connectivity index (χ0) is 22.8. The molecule has 0 unspecified atom stereocenters. The second-order valence-corrected chi connectivity index (χ2v) is 8.36. The van der Waals surface area contributed by atoms with E-state index in [4.69, 9.17) is 9.26 Å². The highest BCUT2D eigenvalue weighted by Crippen LogP contribution is 2.31. The molecule has 1 aliphatic rings. The van der Waals surface area contributed by atoms with Crippen molar-refractivity contribution in [3.05, 3.63) is 48.2 Å². The summed E-state index contributed by atoms with van der Waals surface area (Å²) in [6.07, 6.45) is 6.78. The van der Waals surface area contributed by atoms with E-state index in [0.29, 0.717) is 41.6 Å². The first kappa shape index (κ1) is 20.9. The van der Waals surface area contributed by atoms with Gasteiger partial charge in [0.05, 0.1) is 23.4 Å². The van der Waals surface area contributed by atoms with Gasteiger partial charge in [-0.1, -0.05) is 5.16 Å². The zero-order valence-electron chi connectivity index (χ0n) is 18.3. The van der Waals surface area contributed by atoms with Gasteiger partial charge in [-0.15, -0.1) is 0 Å². The van der Waals surface area contributed by atoms with Crippen molar-refractivity contribution in [3.8, 4) is 34.7 Å². The summed E-state index contributed by atoms with van der Waals surface area (Å²) in [6, 6.07) is 13.4. The Labute approximate surface area is 190 Å². The van der Waals surface area contributed by atoms with E-state index < -0.39 is 0 Å². The van der Waals surface area contributed by atoms with Gasteiger partial charge < -0.3 is 9.26 Å². The second kappa shape index (κ2) is 8.87. The monoisotopic (exact) mass is 441 g/mol. The molecule has 8 heteroatoms. The predicted molar refractivity (Wildman–Crippen MR) is 121 cm³/mol. The van der Waals surface area contributed by atoms with Crippen molar-refractivity contribution >= 4 is 16.7 Å². The van der Waals surface area contributed by atoms with Gasteiger partial charge in [0.15, 0.2) is 0 Å². The Balaban J connectivity index is 1.38. The van der Waals surface area contributed by atoms with E-state index in [1.165, 1.54) is 12.8 Å². The molecule has 1 fully saturated rings. The quantitative estimate of drug-likeness (QED) is 0.400. The highest BCUT2D eigenvalue weighted by atomic mass is 16.5. The molecule has 2 heterocycles. The molecule has 5 rings (SSSR count). The third-order valence-corrected chi connectivity index (χ3v) is 5.94. The maximum absolute atomic E-state index is 11.3. The number of carbonyl (C=O) groups excluding carboxylic acids is 1. The van der Waals surface area contributed by atoms with Gasteiger partial charge in [-0.2, -0.15) is 15.3 Å². The van der Waals surface area contributed by atoms with Crippen LogP contribution in [0.3, 0.4) is 0 Å². The first-order chi connectivity index (χ1) is 16.1. The van der Waals surface area contributed by atoms with Crippen LogP contribution in [0, 0.1) is 11.3 Å². The molecule has 1 saturated carbocycles. The molecule has 0 amide bonds. The molecular formula is C25H23N5O3. The Morgan fingerprint density at radius 2 is 2.03 bits per heavy atom. The first-order valence-electron chi connectivity index (χ1n) is 11.1. The summed E-state index contributed by atoms with van der Waals surface area (Å²) >= 11 is 0. The smallest absolute Gasteiger partial charge is 0.258 e. The Morgan fingerprint density at radius 3 is 2.82 bits per heavy atom. The van der Waals surface area contributed by atoms with E-state index in [0.717, 1.165) is 29.3 Å².